The second-order valence-corrected chi connectivity index (χ2v) is 6.59. The monoisotopic (exact) mass is 326 g/mol. The molecule has 0 saturated carbocycles. The first-order chi connectivity index (χ1) is 11.6. The highest BCUT2D eigenvalue weighted by Crippen LogP contribution is 2.23. The smallest absolute Gasteiger partial charge is 0.151 e. The summed E-state index contributed by atoms with van der Waals surface area (Å²) in [5, 5.41) is 22.0. The van der Waals surface area contributed by atoms with Crippen LogP contribution in [-0.4, -0.2) is 41.0 Å². The number of rotatable bonds is 6. The molecule has 1 aromatic carbocycles. The van der Waals surface area contributed by atoms with Gasteiger partial charge in [-0.3, -0.25) is 0 Å². The summed E-state index contributed by atoms with van der Waals surface area (Å²) in [6, 6.07) is 10.5. The van der Waals surface area contributed by atoms with E-state index in [-0.39, 0.29) is 0 Å². The minimum Gasteiger partial charge on any atom is -0.387 e. The minimum absolute atomic E-state index is 0.411. The molecule has 3 rings (SSSR count). The summed E-state index contributed by atoms with van der Waals surface area (Å²) in [4.78, 5) is 2.31. The molecule has 2 atom stereocenters. The van der Waals surface area contributed by atoms with Crippen LogP contribution in [0.25, 0.3) is 0 Å². The van der Waals surface area contributed by atoms with Crippen LogP contribution in [0.5, 0.6) is 0 Å². The lowest BCUT2D eigenvalue weighted by molar-refractivity contribution is 0.174. The summed E-state index contributed by atoms with van der Waals surface area (Å²) < 4.78 is 0. The number of benzene rings is 1. The van der Waals surface area contributed by atoms with Crippen molar-refractivity contribution in [2.45, 2.75) is 38.8 Å². The van der Waals surface area contributed by atoms with Gasteiger partial charge in [-0.1, -0.05) is 18.2 Å². The van der Waals surface area contributed by atoms with E-state index >= 15 is 0 Å². The van der Waals surface area contributed by atoms with Gasteiger partial charge in [0.15, 0.2) is 5.82 Å². The fraction of sp³-hybridized carbons (Fsp3) is 0.474. The number of anilines is 1. The Kier molecular flexibility index (Phi) is 5.43. The van der Waals surface area contributed by atoms with E-state index in [9.17, 15) is 5.11 Å². The maximum Gasteiger partial charge on any atom is 0.151 e. The lowest BCUT2D eigenvalue weighted by Gasteiger charge is -2.26. The largest absolute Gasteiger partial charge is 0.387 e. The van der Waals surface area contributed by atoms with E-state index in [2.05, 4.69) is 46.4 Å². The van der Waals surface area contributed by atoms with E-state index < -0.39 is 6.10 Å². The molecule has 0 radical (unpaired) electrons. The van der Waals surface area contributed by atoms with Gasteiger partial charge >= 0.3 is 0 Å². The van der Waals surface area contributed by atoms with E-state index in [1.54, 1.807) is 6.20 Å². The molecule has 0 amide bonds. The lowest BCUT2D eigenvalue weighted by atomic mass is 10.0. The Balaban J connectivity index is 1.53. The molecule has 0 spiro atoms. The molecule has 1 aliphatic rings. The Morgan fingerprint density at radius 3 is 2.92 bits per heavy atom. The number of nitrogens with zero attached hydrogens (tertiary/aromatic N) is 3. The van der Waals surface area contributed by atoms with Gasteiger partial charge in [-0.2, -0.15) is 5.10 Å². The molecule has 2 unspecified atom stereocenters. The van der Waals surface area contributed by atoms with Gasteiger partial charge in [-0.15, -0.1) is 5.10 Å². The SMILES string of the molecule is Cc1ccc(C(O)CNCC2CCCN2c2cccnn2)cc1C. The zero-order valence-electron chi connectivity index (χ0n) is 14.4. The number of aliphatic hydroxyl groups excluding tert-OH is 1. The first-order valence-corrected chi connectivity index (χ1v) is 8.65. The molecular formula is C19H26N4O. The van der Waals surface area contributed by atoms with E-state index in [0.717, 1.165) is 30.9 Å². The fourth-order valence-corrected chi connectivity index (χ4v) is 3.27. The van der Waals surface area contributed by atoms with Crippen LogP contribution >= 0.6 is 0 Å². The molecule has 24 heavy (non-hydrogen) atoms. The van der Waals surface area contributed by atoms with E-state index in [4.69, 9.17) is 0 Å². The predicted molar refractivity (Wildman–Crippen MR) is 96.1 cm³/mol. The van der Waals surface area contributed by atoms with Crippen molar-refractivity contribution < 1.29 is 5.11 Å². The van der Waals surface area contributed by atoms with E-state index in [1.807, 2.05) is 18.2 Å². The molecule has 1 aromatic heterocycles. The van der Waals surface area contributed by atoms with Crippen molar-refractivity contribution >= 4 is 5.82 Å². The Morgan fingerprint density at radius 1 is 1.29 bits per heavy atom. The van der Waals surface area contributed by atoms with Gasteiger partial charge in [-0.25, -0.2) is 0 Å². The third-order valence-corrected chi connectivity index (χ3v) is 4.86. The van der Waals surface area contributed by atoms with Crippen LogP contribution in [0.15, 0.2) is 36.5 Å². The van der Waals surface area contributed by atoms with Crippen LogP contribution in [0, 0.1) is 13.8 Å². The van der Waals surface area contributed by atoms with Crippen LogP contribution in [0.2, 0.25) is 0 Å². The number of aromatic nitrogens is 2. The van der Waals surface area contributed by atoms with Crippen molar-refractivity contribution in [3.8, 4) is 0 Å². The molecule has 128 valence electrons. The highest BCUT2D eigenvalue weighted by molar-refractivity contribution is 5.39. The second kappa shape index (κ2) is 7.73. The minimum atomic E-state index is -0.476. The Bertz CT molecular complexity index is 662. The average molecular weight is 326 g/mol. The normalized spacial score (nSPS) is 18.8. The maximum atomic E-state index is 10.4. The molecular weight excluding hydrogens is 300 g/mol. The Labute approximate surface area is 143 Å². The quantitative estimate of drug-likeness (QED) is 0.853. The lowest BCUT2D eigenvalue weighted by Crippen LogP contribution is -2.39. The Morgan fingerprint density at radius 2 is 2.17 bits per heavy atom. The van der Waals surface area contributed by atoms with Crippen LogP contribution in [-0.2, 0) is 0 Å². The zero-order valence-corrected chi connectivity index (χ0v) is 14.4. The van der Waals surface area contributed by atoms with E-state index in [1.165, 1.54) is 17.5 Å². The van der Waals surface area contributed by atoms with Crippen molar-refractivity contribution in [2.75, 3.05) is 24.5 Å². The highest BCUT2D eigenvalue weighted by atomic mass is 16.3. The second-order valence-electron chi connectivity index (χ2n) is 6.59. The van der Waals surface area contributed by atoms with E-state index in [0.29, 0.717) is 12.6 Å². The van der Waals surface area contributed by atoms with Crippen molar-refractivity contribution in [2.24, 2.45) is 0 Å². The standard InChI is InChI=1S/C19H26N4O/c1-14-7-8-16(11-15(14)2)18(24)13-20-12-17-5-4-10-23(17)19-6-3-9-21-22-19/h3,6-9,11,17-18,20,24H,4-5,10,12-13H2,1-2H3. The van der Waals surface area contributed by atoms with Gasteiger partial charge in [0.25, 0.3) is 0 Å². The molecule has 0 aliphatic carbocycles. The number of aryl methyl sites for hydroxylation is 2. The fourth-order valence-electron chi connectivity index (χ4n) is 3.27. The maximum absolute atomic E-state index is 10.4. The van der Waals surface area contributed by atoms with Crippen LogP contribution in [0.1, 0.15) is 35.6 Å². The first kappa shape index (κ1) is 16.9. The number of hydrogen-bond acceptors (Lipinski definition) is 5. The van der Waals surface area contributed by atoms with Gasteiger partial charge in [0.1, 0.15) is 0 Å². The van der Waals surface area contributed by atoms with Crippen molar-refractivity contribution in [1.82, 2.24) is 15.5 Å². The van der Waals surface area contributed by atoms with Crippen LogP contribution in [0.3, 0.4) is 0 Å². The van der Waals surface area contributed by atoms with Crippen molar-refractivity contribution in [3.05, 3.63) is 53.2 Å². The molecule has 0 bridgehead atoms. The summed E-state index contributed by atoms with van der Waals surface area (Å²) >= 11 is 0. The number of hydrogen-bond donors (Lipinski definition) is 2. The zero-order chi connectivity index (χ0) is 16.9. The topological polar surface area (TPSA) is 61.3 Å². The molecule has 2 heterocycles. The van der Waals surface area contributed by atoms with Gasteiger partial charge in [-0.05, 0) is 55.5 Å². The van der Waals surface area contributed by atoms with Crippen LogP contribution < -0.4 is 10.2 Å². The summed E-state index contributed by atoms with van der Waals surface area (Å²) in [5.41, 5.74) is 3.45. The number of nitrogens with one attached hydrogen (secondary N) is 1. The summed E-state index contributed by atoms with van der Waals surface area (Å²) in [6.45, 7) is 6.59. The van der Waals surface area contributed by atoms with Gasteiger partial charge in [0.2, 0.25) is 0 Å². The third-order valence-electron chi connectivity index (χ3n) is 4.86. The van der Waals surface area contributed by atoms with Gasteiger partial charge in [0.05, 0.1) is 6.10 Å². The third kappa shape index (κ3) is 3.91. The van der Waals surface area contributed by atoms with Crippen LogP contribution in [0.4, 0.5) is 5.82 Å². The average Bonchev–Trinajstić information content (AvgIpc) is 3.06. The summed E-state index contributed by atoms with van der Waals surface area (Å²) in [7, 11) is 0. The van der Waals surface area contributed by atoms with Crippen molar-refractivity contribution in [1.29, 1.82) is 0 Å². The molecule has 2 N–H and O–H groups in total. The Hall–Kier alpha value is -1.98. The van der Waals surface area contributed by atoms with Gasteiger partial charge in [0, 0.05) is 31.9 Å². The molecule has 1 aliphatic heterocycles. The van der Waals surface area contributed by atoms with Crippen molar-refractivity contribution in [3.63, 3.8) is 0 Å². The summed E-state index contributed by atoms with van der Waals surface area (Å²) in [5.74, 6) is 0.941. The molecule has 5 nitrogen and oxygen atoms in total. The molecule has 1 fully saturated rings. The molecule has 1 saturated heterocycles. The number of aliphatic hydroxyl groups is 1. The summed E-state index contributed by atoms with van der Waals surface area (Å²) in [6.07, 6.45) is 3.54. The molecule has 5 heteroatoms. The first-order valence-electron chi connectivity index (χ1n) is 8.65. The van der Waals surface area contributed by atoms with Gasteiger partial charge < -0.3 is 15.3 Å². The molecule has 2 aromatic rings. The highest BCUT2D eigenvalue weighted by Gasteiger charge is 2.25. The predicted octanol–water partition coefficient (Wildman–Crippen LogP) is 2.39.